The Kier molecular flexibility index (Phi) is 0.934. The van der Waals surface area contributed by atoms with Crippen molar-refractivity contribution in [3.8, 4) is 0 Å². The zero-order valence-electron chi connectivity index (χ0n) is 6.74. The summed E-state index contributed by atoms with van der Waals surface area (Å²) in [6.07, 6.45) is 4.69. The normalized spacial score (nSPS) is 52.4. The SMILES string of the molecule is CC12CCCC(C)(C1)C2=O. The lowest BCUT2D eigenvalue weighted by Gasteiger charge is -2.55. The van der Waals surface area contributed by atoms with Crippen molar-refractivity contribution in [3.05, 3.63) is 0 Å². The van der Waals surface area contributed by atoms with Crippen LogP contribution in [0.1, 0.15) is 39.5 Å². The summed E-state index contributed by atoms with van der Waals surface area (Å²) in [7, 11) is 0. The van der Waals surface area contributed by atoms with Crippen LogP contribution in [-0.2, 0) is 4.79 Å². The van der Waals surface area contributed by atoms with Crippen molar-refractivity contribution in [2.75, 3.05) is 0 Å². The second kappa shape index (κ2) is 1.46. The molecular formula is C9H14O. The first-order valence-electron chi connectivity index (χ1n) is 4.12. The highest BCUT2D eigenvalue weighted by atomic mass is 16.1. The Bertz CT molecular complexity index is 179. The minimum Gasteiger partial charge on any atom is -0.298 e. The van der Waals surface area contributed by atoms with Gasteiger partial charge in [-0.15, -0.1) is 0 Å². The lowest BCUT2D eigenvalue weighted by molar-refractivity contribution is -0.163. The fourth-order valence-corrected chi connectivity index (χ4v) is 2.92. The van der Waals surface area contributed by atoms with Gasteiger partial charge in [0.15, 0.2) is 0 Å². The van der Waals surface area contributed by atoms with E-state index in [1.165, 1.54) is 6.42 Å². The van der Waals surface area contributed by atoms with E-state index in [2.05, 4.69) is 13.8 Å². The van der Waals surface area contributed by atoms with Gasteiger partial charge in [0, 0.05) is 10.8 Å². The smallest absolute Gasteiger partial charge is 0.144 e. The van der Waals surface area contributed by atoms with Gasteiger partial charge in [-0.1, -0.05) is 20.3 Å². The van der Waals surface area contributed by atoms with E-state index in [1.54, 1.807) is 0 Å². The number of fused-ring (bicyclic) bond motifs is 2. The molecule has 2 atom stereocenters. The summed E-state index contributed by atoms with van der Waals surface area (Å²) in [5.41, 5.74) is 0.208. The first kappa shape index (κ1) is 6.38. The summed E-state index contributed by atoms with van der Waals surface area (Å²) < 4.78 is 0. The van der Waals surface area contributed by atoms with Crippen LogP contribution in [-0.4, -0.2) is 5.78 Å². The monoisotopic (exact) mass is 138 g/mol. The molecule has 3 fully saturated rings. The first-order chi connectivity index (χ1) is 4.57. The van der Waals surface area contributed by atoms with E-state index >= 15 is 0 Å². The lowest BCUT2D eigenvalue weighted by atomic mass is 9.46. The highest BCUT2D eigenvalue weighted by Crippen LogP contribution is 2.59. The van der Waals surface area contributed by atoms with Crippen LogP contribution in [0.5, 0.6) is 0 Å². The third kappa shape index (κ3) is 0.518. The molecule has 0 spiro atoms. The number of carbonyl (C=O) groups excluding carboxylic acids is 1. The number of ketones is 1. The minimum atomic E-state index is 0.104. The highest BCUT2D eigenvalue weighted by molar-refractivity contribution is 5.96. The standard InChI is InChI=1S/C9H14O/c1-8-4-3-5-9(2,6-8)7(8)10/h3-6H2,1-2H3. The summed E-state index contributed by atoms with van der Waals surface area (Å²) in [5.74, 6) is 0.534. The second-order valence-electron chi connectivity index (χ2n) is 4.48. The Balaban J connectivity index is 2.29. The largest absolute Gasteiger partial charge is 0.298 e. The Labute approximate surface area is 61.8 Å². The molecule has 10 heavy (non-hydrogen) atoms. The van der Waals surface area contributed by atoms with Crippen molar-refractivity contribution in [1.29, 1.82) is 0 Å². The van der Waals surface area contributed by atoms with Crippen LogP contribution in [0.15, 0.2) is 0 Å². The van der Waals surface area contributed by atoms with E-state index in [-0.39, 0.29) is 10.8 Å². The van der Waals surface area contributed by atoms with Crippen LogP contribution < -0.4 is 0 Å². The van der Waals surface area contributed by atoms with Gasteiger partial charge in [0.2, 0.25) is 0 Å². The first-order valence-corrected chi connectivity index (χ1v) is 4.12. The average Bonchev–Trinajstić information content (AvgIpc) is 1.86. The Hall–Kier alpha value is -0.330. The lowest BCUT2D eigenvalue weighted by Crippen LogP contribution is -2.57. The maximum absolute atomic E-state index is 11.5. The molecule has 2 unspecified atom stereocenters. The molecular weight excluding hydrogens is 124 g/mol. The number of carbonyl (C=O) groups is 1. The summed E-state index contributed by atoms with van der Waals surface area (Å²) in [4.78, 5) is 11.5. The third-order valence-corrected chi connectivity index (χ3v) is 3.33. The van der Waals surface area contributed by atoms with Crippen LogP contribution in [0, 0.1) is 10.8 Å². The fraction of sp³-hybridized carbons (Fsp3) is 0.889. The summed E-state index contributed by atoms with van der Waals surface area (Å²) in [6, 6.07) is 0. The van der Waals surface area contributed by atoms with Crippen molar-refractivity contribution in [2.24, 2.45) is 10.8 Å². The van der Waals surface area contributed by atoms with E-state index in [0.29, 0.717) is 5.78 Å². The number of hydrogen-bond donors (Lipinski definition) is 0. The predicted molar refractivity (Wildman–Crippen MR) is 39.7 cm³/mol. The molecule has 0 saturated heterocycles. The van der Waals surface area contributed by atoms with Gasteiger partial charge in [0.1, 0.15) is 5.78 Å². The number of Topliss-reactive ketones (excluding diaryl/α,β-unsaturated/α-hetero) is 1. The molecule has 3 saturated carbocycles. The van der Waals surface area contributed by atoms with Gasteiger partial charge in [-0.3, -0.25) is 4.79 Å². The molecule has 3 aliphatic carbocycles. The van der Waals surface area contributed by atoms with Crippen molar-refractivity contribution >= 4 is 5.78 Å². The molecule has 0 aliphatic heterocycles. The van der Waals surface area contributed by atoms with Crippen LogP contribution in [0.25, 0.3) is 0 Å². The zero-order chi connectivity index (χ0) is 7.41. The van der Waals surface area contributed by atoms with Crippen molar-refractivity contribution in [3.63, 3.8) is 0 Å². The molecule has 0 aromatic rings. The van der Waals surface area contributed by atoms with Gasteiger partial charge in [0.05, 0.1) is 0 Å². The third-order valence-electron chi connectivity index (χ3n) is 3.33. The summed E-state index contributed by atoms with van der Waals surface area (Å²) >= 11 is 0. The molecule has 3 aliphatic rings. The van der Waals surface area contributed by atoms with Gasteiger partial charge in [-0.25, -0.2) is 0 Å². The summed E-state index contributed by atoms with van der Waals surface area (Å²) in [5, 5.41) is 0. The van der Waals surface area contributed by atoms with Gasteiger partial charge in [0.25, 0.3) is 0 Å². The van der Waals surface area contributed by atoms with Crippen molar-refractivity contribution < 1.29 is 4.79 Å². The van der Waals surface area contributed by atoms with E-state index in [9.17, 15) is 4.79 Å². The number of hydrogen-bond acceptors (Lipinski definition) is 1. The van der Waals surface area contributed by atoms with E-state index in [0.717, 1.165) is 19.3 Å². The Morgan fingerprint density at radius 3 is 2.00 bits per heavy atom. The van der Waals surface area contributed by atoms with Crippen molar-refractivity contribution in [2.45, 2.75) is 39.5 Å². The maximum Gasteiger partial charge on any atom is 0.144 e. The van der Waals surface area contributed by atoms with Crippen LogP contribution in [0.4, 0.5) is 0 Å². The molecule has 0 heterocycles. The van der Waals surface area contributed by atoms with Gasteiger partial charge in [-0.2, -0.15) is 0 Å². The van der Waals surface area contributed by atoms with Gasteiger partial charge in [-0.05, 0) is 19.3 Å². The molecule has 1 nitrogen and oxygen atoms in total. The molecule has 0 radical (unpaired) electrons. The maximum atomic E-state index is 11.5. The zero-order valence-corrected chi connectivity index (χ0v) is 6.74. The summed E-state index contributed by atoms with van der Waals surface area (Å²) in [6.45, 7) is 4.24. The second-order valence-corrected chi connectivity index (χ2v) is 4.48. The van der Waals surface area contributed by atoms with Crippen LogP contribution in [0.3, 0.4) is 0 Å². The Morgan fingerprint density at radius 1 is 1.20 bits per heavy atom. The topological polar surface area (TPSA) is 17.1 Å². The molecule has 0 aromatic carbocycles. The molecule has 56 valence electrons. The van der Waals surface area contributed by atoms with Crippen molar-refractivity contribution in [1.82, 2.24) is 0 Å². The quantitative estimate of drug-likeness (QED) is 0.501. The van der Waals surface area contributed by atoms with E-state index in [1.807, 2.05) is 0 Å². The predicted octanol–water partition coefficient (Wildman–Crippen LogP) is 2.16. The van der Waals surface area contributed by atoms with Crippen LogP contribution in [0.2, 0.25) is 0 Å². The Morgan fingerprint density at radius 2 is 1.70 bits per heavy atom. The fourth-order valence-electron chi connectivity index (χ4n) is 2.92. The molecule has 2 bridgehead atoms. The minimum absolute atomic E-state index is 0.104. The number of rotatable bonds is 0. The van der Waals surface area contributed by atoms with Gasteiger partial charge >= 0.3 is 0 Å². The van der Waals surface area contributed by atoms with Gasteiger partial charge < -0.3 is 0 Å². The molecule has 0 amide bonds. The molecule has 0 aromatic heterocycles. The van der Waals surface area contributed by atoms with E-state index in [4.69, 9.17) is 0 Å². The molecule has 1 heteroatoms. The highest BCUT2D eigenvalue weighted by Gasteiger charge is 2.59. The van der Waals surface area contributed by atoms with Crippen LogP contribution >= 0.6 is 0 Å². The molecule has 3 rings (SSSR count). The molecule has 0 N–H and O–H groups in total. The van der Waals surface area contributed by atoms with E-state index < -0.39 is 0 Å². The average molecular weight is 138 g/mol.